The Hall–Kier alpha value is -3.92. The van der Waals surface area contributed by atoms with Crippen LogP contribution in [0.1, 0.15) is 52.5 Å². The second-order valence-corrected chi connectivity index (χ2v) is 8.51. The largest absolute Gasteiger partial charge is 0.494 e. The summed E-state index contributed by atoms with van der Waals surface area (Å²) in [7, 11) is 0. The summed E-state index contributed by atoms with van der Waals surface area (Å²) in [6.07, 6.45) is -1.36. The number of rotatable bonds is 9. The van der Waals surface area contributed by atoms with E-state index in [1.165, 1.54) is 24.3 Å². The summed E-state index contributed by atoms with van der Waals surface area (Å²) in [5.41, 5.74) is 0.137. The standard InChI is InChI=1S/C27H26F3N3O3S/c1-2-3-4-15-36-23-13-11-18(12-14-23)24(34)33-26(37)32-21-9-5-7-19(16-21)25(35)31-22-10-6-8-20(17-22)27(28,29)30/h5-14,16-17H,2-4,15H2,1H3,(H,31,35)(H2,32,33,34,37). The molecule has 0 aliphatic carbocycles. The van der Waals surface area contributed by atoms with E-state index in [1.54, 1.807) is 36.4 Å². The molecular formula is C27H26F3N3O3S. The predicted octanol–water partition coefficient (Wildman–Crippen LogP) is 6.65. The van der Waals surface area contributed by atoms with Gasteiger partial charge in [0, 0.05) is 22.5 Å². The minimum atomic E-state index is -4.52. The number of ether oxygens (including phenoxy) is 1. The number of carbonyl (C=O) groups is 2. The Balaban J connectivity index is 1.55. The van der Waals surface area contributed by atoms with E-state index in [2.05, 4.69) is 22.9 Å². The molecule has 0 unspecified atom stereocenters. The highest BCUT2D eigenvalue weighted by molar-refractivity contribution is 7.80. The Kier molecular flexibility index (Phi) is 9.62. The lowest BCUT2D eigenvalue weighted by atomic mass is 10.1. The van der Waals surface area contributed by atoms with Gasteiger partial charge in [0.1, 0.15) is 5.75 Å². The zero-order valence-corrected chi connectivity index (χ0v) is 20.8. The van der Waals surface area contributed by atoms with E-state index in [0.717, 1.165) is 31.4 Å². The Bertz CT molecular complexity index is 1250. The van der Waals surface area contributed by atoms with Crippen molar-refractivity contribution in [3.8, 4) is 5.75 Å². The number of hydrogen-bond acceptors (Lipinski definition) is 4. The van der Waals surface area contributed by atoms with E-state index in [1.807, 2.05) is 0 Å². The minimum Gasteiger partial charge on any atom is -0.494 e. The first-order valence-electron chi connectivity index (χ1n) is 11.6. The van der Waals surface area contributed by atoms with Crippen molar-refractivity contribution in [1.82, 2.24) is 5.32 Å². The lowest BCUT2D eigenvalue weighted by molar-refractivity contribution is -0.137. The number of unbranched alkanes of at least 4 members (excludes halogenated alkanes) is 2. The lowest BCUT2D eigenvalue weighted by Gasteiger charge is -2.12. The number of alkyl halides is 3. The molecule has 0 saturated carbocycles. The molecule has 0 saturated heterocycles. The van der Waals surface area contributed by atoms with Gasteiger partial charge >= 0.3 is 6.18 Å². The summed E-state index contributed by atoms with van der Waals surface area (Å²) in [6.45, 7) is 2.73. The molecule has 3 rings (SSSR count). The highest BCUT2D eigenvalue weighted by Crippen LogP contribution is 2.30. The van der Waals surface area contributed by atoms with Gasteiger partial charge in [-0.05, 0) is 79.3 Å². The molecule has 2 amide bonds. The molecule has 0 aliphatic heterocycles. The van der Waals surface area contributed by atoms with E-state index in [0.29, 0.717) is 23.6 Å². The molecule has 3 aromatic rings. The number of anilines is 2. The molecule has 10 heteroatoms. The quantitative estimate of drug-likeness (QED) is 0.214. The van der Waals surface area contributed by atoms with Crippen molar-refractivity contribution >= 4 is 40.5 Å². The van der Waals surface area contributed by atoms with Gasteiger partial charge in [0.2, 0.25) is 0 Å². The van der Waals surface area contributed by atoms with Crippen LogP contribution in [0.5, 0.6) is 5.75 Å². The smallest absolute Gasteiger partial charge is 0.416 e. The van der Waals surface area contributed by atoms with Gasteiger partial charge in [0.15, 0.2) is 5.11 Å². The predicted molar refractivity (Wildman–Crippen MR) is 141 cm³/mol. The zero-order valence-electron chi connectivity index (χ0n) is 20.0. The number of amides is 2. The summed E-state index contributed by atoms with van der Waals surface area (Å²) < 4.78 is 44.4. The molecule has 3 N–H and O–H groups in total. The summed E-state index contributed by atoms with van der Waals surface area (Å²) >= 11 is 5.21. The van der Waals surface area contributed by atoms with E-state index < -0.39 is 23.6 Å². The van der Waals surface area contributed by atoms with E-state index in [4.69, 9.17) is 17.0 Å². The minimum absolute atomic E-state index is 0.0124. The van der Waals surface area contributed by atoms with Crippen LogP contribution in [0.2, 0.25) is 0 Å². The van der Waals surface area contributed by atoms with Crippen LogP contribution in [-0.4, -0.2) is 23.5 Å². The number of benzene rings is 3. The van der Waals surface area contributed by atoms with Crippen molar-refractivity contribution < 1.29 is 27.5 Å². The average molecular weight is 530 g/mol. The molecule has 6 nitrogen and oxygen atoms in total. The van der Waals surface area contributed by atoms with Gasteiger partial charge in [0.05, 0.1) is 12.2 Å². The van der Waals surface area contributed by atoms with Crippen molar-refractivity contribution in [2.75, 3.05) is 17.2 Å². The monoisotopic (exact) mass is 529 g/mol. The van der Waals surface area contributed by atoms with E-state index in [-0.39, 0.29) is 16.4 Å². The van der Waals surface area contributed by atoms with Gasteiger partial charge in [-0.3, -0.25) is 14.9 Å². The third kappa shape index (κ3) is 8.60. The molecule has 0 aliphatic rings. The van der Waals surface area contributed by atoms with Crippen LogP contribution < -0.4 is 20.7 Å². The van der Waals surface area contributed by atoms with E-state index in [9.17, 15) is 22.8 Å². The maximum Gasteiger partial charge on any atom is 0.416 e. The van der Waals surface area contributed by atoms with Crippen molar-refractivity contribution in [3.63, 3.8) is 0 Å². The maximum atomic E-state index is 12.9. The first-order valence-corrected chi connectivity index (χ1v) is 12.0. The van der Waals surface area contributed by atoms with Crippen LogP contribution in [0.3, 0.4) is 0 Å². The van der Waals surface area contributed by atoms with E-state index >= 15 is 0 Å². The van der Waals surface area contributed by atoms with Gasteiger partial charge in [-0.1, -0.05) is 31.9 Å². The third-order valence-corrected chi connectivity index (χ3v) is 5.39. The molecule has 0 heterocycles. The second kappa shape index (κ2) is 12.9. The zero-order chi connectivity index (χ0) is 26.8. The fraction of sp³-hybridized carbons (Fsp3) is 0.222. The molecule has 0 bridgehead atoms. The van der Waals surface area contributed by atoms with Gasteiger partial charge in [-0.15, -0.1) is 0 Å². The molecule has 0 aromatic heterocycles. The fourth-order valence-electron chi connectivity index (χ4n) is 3.30. The van der Waals surface area contributed by atoms with Gasteiger partial charge in [-0.2, -0.15) is 13.2 Å². The first kappa shape index (κ1) is 27.7. The van der Waals surface area contributed by atoms with Crippen molar-refractivity contribution in [2.24, 2.45) is 0 Å². The normalized spacial score (nSPS) is 10.9. The number of hydrogen-bond donors (Lipinski definition) is 3. The Morgan fingerprint density at radius 2 is 1.51 bits per heavy atom. The van der Waals surface area contributed by atoms with Crippen LogP contribution in [-0.2, 0) is 6.18 Å². The lowest BCUT2D eigenvalue weighted by Crippen LogP contribution is -2.34. The first-order chi connectivity index (χ1) is 17.7. The SMILES string of the molecule is CCCCCOc1ccc(C(=O)NC(=S)Nc2cccc(C(=O)Nc3cccc(C(F)(F)F)c3)c2)cc1. The summed E-state index contributed by atoms with van der Waals surface area (Å²) in [5, 5.41) is 7.86. The third-order valence-electron chi connectivity index (χ3n) is 5.19. The number of halogens is 3. The average Bonchev–Trinajstić information content (AvgIpc) is 2.86. The molecule has 3 aromatic carbocycles. The van der Waals surface area contributed by atoms with Crippen molar-refractivity contribution in [3.05, 3.63) is 89.5 Å². The highest BCUT2D eigenvalue weighted by atomic mass is 32.1. The van der Waals surface area contributed by atoms with Crippen LogP contribution >= 0.6 is 12.2 Å². The molecule has 0 radical (unpaired) electrons. The van der Waals surface area contributed by atoms with Gasteiger partial charge in [0.25, 0.3) is 11.8 Å². The summed E-state index contributed by atoms with van der Waals surface area (Å²) in [6, 6.07) is 17.2. The Labute approximate surface area is 218 Å². The van der Waals surface area contributed by atoms with Gasteiger partial charge < -0.3 is 15.4 Å². The molecule has 194 valence electrons. The van der Waals surface area contributed by atoms with Crippen molar-refractivity contribution in [2.45, 2.75) is 32.4 Å². The maximum absolute atomic E-state index is 12.9. The summed E-state index contributed by atoms with van der Waals surface area (Å²) in [4.78, 5) is 25.1. The Morgan fingerprint density at radius 3 is 2.19 bits per heavy atom. The van der Waals surface area contributed by atoms with Crippen molar-refractivity contribution in [1.29, 1.82) is 0 Å². The molecule has 0 atom stereocenters. The Morgan fingerprint density at radius 1 is 0.838 bits per heavy atom. The highest BCUT2D eigenvalue weighted by Gasteiger charge is 2.30. The van der Waals surface area contributed by atoms with Gasteiger partial charge in [-0.25, -0.2) is 0 Å². The van der Waals surface area contributed by atoms with Crippen LogP contribution in [0.15, 0.2) is 72.8 Å². The number of nitrogens with one attached hydrogen (secondary N) is 3. The molecule has 0 spiro atoms. The fourth-order valence-corrected chi connectivity index (χ4v) is 3.51. The number of carbonyl (C=O) groups excluding carboxylic acids is 2. The summed E-state index contributed by atoms with van der Waals surface area (Å²) in [5.74, 6) is -0.350. The van der Waals surface area contributed by atoms with Crippen LogP contribution in [0.25, 0.3) is 0 Å². The molecule has 0 fully saturated rings. The molecular weight excluding hydrogens is 503 g/mol. The second-order valence-electron chi connectivity index (χ2n) is 8.10. The van der Waals surface area contributed by atoms with Crippen LogP contribution in [0, 0.1) is 0 Å². The molecule has 37 heavy (non-hydrogen) atoms. The topological polar surface area (TPSA) is 79.5 Å². The van der Waals surface area contributed by atoms with Crippen LogP contribution in [0.4, 0.5) is 24.5 Å². The number of thiocarbonyl (C=S) groups is 1.